The summed E-state index contributed by atoms with van der Waals surface area (Å²) >= 11 is 0. The SMILES string of the molecule is CCOC(=O)c1cccc(NC(=O)C2CCN(C(=O)C3CC(c4cccnc4)NN3)CC2)c1. The number of nitrogens with one attached hydrogen (secondary N) is 3. The number of benzene rings is 1. The number of hydrogen-bond acceptors (Lipinski definition) is 7. The van der Waals surface area contributed by atoms with Crippen molar-refractivity contribution in [3.05, 3.63) is 59.9 Å². The van der Waals surface area contributed by atoms with Crippen LogP contribution in [0.1, 0.15) is 48.1 Å². The van der Waals surface area contributed by atoms with Crippen LogP contribution < -0.4 is 16.2 Å². The van der Waals surface area contributed by atoms with Gasteiger partial charge in [0.25, 0.3) is 0 Å². The minimum absolute atomic E-state index is 0.0429. The van der Waals surface area contributed by atoms with E-state index >= 15 is 0 Å². The monoisotopic (exact) mass is 451 g/mol. The smallest absolute Gasteiger partial charge is 0.338 e. The molecule has 2 fully saturated rings. The van der Waals surface area contributed by atoms with Crippen molar-refractivity contribution in [3.8, 4) is 0 Å². The Hall–Kier alpha value is -3.30. The molecule has 2 aliphatic rings. The first-order valence-corrected chi connectivity index (χ1v) is 11.3. The predicted molar refractivity (Wildman–Crippen MR) is 122 cm³/mol. The van der Waals surface area contributed by atoms with Gasteiger partial charge in [-0.25, -0.2) is 15.6 Å². The molecule has 4 rings (SSSR count). The molecule has 0 spiro atoms. The van der Waals surface area contributed by atoms with Crippen LogP contribution in [0.4, 0.5) is 5.69 Å². The first-order valence-electron chi connectivity index (χ1n) is 11.3. The molecule has 2 atom stereocenters. The molecule has 2 unspecified atom stereocenters. The Labute approximate surface area is 192 Å². The number of pyridine rings is 1. The number of amides is 2. The van der Waals surface area contributed by atoms with Crippen LogP contribution in [0.2, 0.25) is 0 Å². The van der Waals surface area contributed by atoms with Crippen LogP contribution >= 0.6 is 0 Å². The zero-order valence-electron chi connectivity index (χ0n) is 18.6. The summed E-state index contributed by atoms with van der Waals surface area (Å²) < 4.78 is 5.01. The minimum Gasteiger partial charge on any atom is -0.462 e. The number of carbonyl (C=O) groups is 3. The molecule has 0 saturated carbocycles. The van der Waals surface area contributed by atoms with E-state index in [4.69, 9.17) is 4.74 Å². The second-order valence-electron chi connectivity index (χ2n) is 8.31. The number of hydrogen-bond donors (Lipinski definition) is 3. The molecule has 2 aromatic rings. The van der Waals surface area contributed by atoms with Crippen molar-refractivity contribution < 1.29 is 19.1 Å². The number of anilines is 1. The molecule has 2 aliphatic heterocycles. The zero-order chi connectivity index (χ0) is 23.2. The molecule has 33 heavy (non-hydrogen) atoms. The highest BCUT2D eigenvalue weighted by atomic mass is 16.5. The van der Waals surface area contributed by atoms with Crippen LogP contribution in [0.15, 0.2) is 48.8 Å². The van der Waals surface area contributed by atoms with Crippen LogP contribution in [0.3, 0.4) is 0 Å². The summed E-state index contributed by atoms with van der Waals surface area (Å²) in [7, 11) is 0. The summed E-state index contributed by atoms with van der Waals surface area (Å²) in [6, 6.07) is 10.4. The van der Waals surface area contributed by atoms with Gasteiger partial charge in [0.1, 0.15) is 6.04 Å². The fraction of sp³-hybridized carbons (Fsp3) is 0.417. The number of ether oxygens (including phenoxy) is 1. The summed E-state index contributed by atoms with van der Waals surface area (Å²) in [4.78, 5) is 43.6. The molecule has 9 nitrogen and oxygen atoms in total. The normalized spacial score (nSPS) is 20.9. The van der Waals surface area contributed by atoms with E-state index in [0.717, 1.165) is 5.56 Å². The lowest BCUT2D eigenvalue weighted by Gasteiger charge is -2.32. The van der Waals surface area contributed by atoms with Crippen molar-refractivity contribution in [2.45, 2.75) is 38.3 Å². The maximum atomic E-state index is 13.0. The third kappa shape index (κ3) is 5.55. The van der Waals surface area contributed by atoms with E-state index in [-0.39, 0.29) is 29.8 Å². The second-order valence-corrected chi connectivity index (χ2v) is 8.31. The Kier molecular flexibility index (Phi) is 7.31. The van der Waals surface area contributed by atoms with Crippen molar-refractivity contribution in [2.24, 2.45) is 5.92 Å². The number of nitrogens with zero attached hydrogens (tertiary/aromatic N) is 2. The average molecular weight is 452 g/mol. The highest BCUT2D eigenvalue weighted by Crippen LogP contribution is 2.25. The van der Waals surface area contributed by atoms with Gasteiger partial charge in [-0.15, -0.1) is 0 Å². The Morgan fingerprint density at radius 2 is 1.97 bits per heavy atom. The molecule has 0 bridgehead atoms. The zero-order valence-corrected chi connectivity index (χ0v) is 18.6. The largest absolute Gasteiger partial charge is 0.462 e. The quantitative estimate of drug-likeness (QED) is 0.576. The van der Waals surface area contributed by atoms with E-state index in [1.807, 2.05) is 17.0 Å². The lowest BCUT2D eigenvalue weighted by Crippen LogP contribution is -2.49. The van der Waals surface area contributed by atoms with Crippen molar-refractivity contribution >= 4 is 23.5 Å². The fourth-order valence-electron chi connectivity index (χ4n) is 4.28. The minimum atomic E-state index is -0.416. The third-order valence-corrected chi connectivity index (χ3v) is 6.11. The molecule has 174 valence electrons. The van der Waals surface area contributed by atoms with Gasteiger partial charge in [-0.05, 0) is 56.0 Å². The van der Waals surface area contributed by atoms with Gasteiger partial charge in [0.15, 0.2) is 0 Å². The maximum Gasteiger partial charge on any atom is 0.338 e. The molecule has 2 saturated heterocycles. The van der Waals surface area contributed by atoms with Gasteiger partial charge >= 0.3 is 5.97 Å². The van der Waals surface area contributed by atoms with Gasteiger partial charge in [-0.1, -0.05) is 12.1 Å². The van der Waals surface area contributed by atoms with E-state index in [9.17, 15) is 14.4 Å². The van der Waals surface area contributed by atoms with Gasteiger partial charge < -0.3 is 15.0 Å². The van der Waals surface area contributed by atoms with Crippen LogP contribution in [-0.2, 0) is 14.3 Å². The van der Waals surface area contributed by atoms with E-state index in [2.05, 4.69) is 21.2 Å². The van der Waals surface area contributed by atoms with Gasteiger partial charge in [-0.3, -0.25) is 14.6 Å². The molecule has 9 heteroatoms. The predicted octanol–water partition coefficient (Wildman–Crippen LogP) is 2.04. The van der Waals surface area contributed by atoms with Crippen molar-refractivity contribution in [2.75, 3.05) is 25.0 Å². The van der Waals surface area contributed by atoms with Crippen molar-refractivity contribution in [3.63, 3.8) is 0 Å². The molecule has 1 aromatic carbocycles. The van der Waals surface area contributed by atoms with Gasteiger partial charge in [0, 0.05) is 43.1 Å². The number of piperidine rings is 1. The molecule has 2 amide bonds. The van der Waals surface area contributed by atoms with E-state index in [0.29, 0.717) is 50.2 Å². The van der Waals surface area contributed by atoms with Gasteiger partial charge in [0.2, 0.25) is 11.8 Å². The fourth-order valence-corrected chi connectivity index (χ4v) is 4.28. The number of rotatable bonds is 6. The molecule has 0 aliphatic carbocycles. The number of carbonyl (C=O) groups excluding carboxylic acids is 3. The highest BCUT2D eigenvalue weighted by molar-refractivity contribution is 5.95. The van der Waals surface area contributed by atoms with Crippen LogP contribution in [0.5, 0.6) is 0 Å². The highest BCUT2D eigenvalue weighted by Gasteiger charge is 2.35. The molecule has 3 N–H and O–H groups in total. The van der Waals surface area contributed by atoms with Crippen LogP contribution in [0.25, 0.3) is 0 Å². The molecular formula is C24H29N5O4. The standard InChI is InChI=1S/C24H29N5O4/c1-2-33-24(32)17-5-3-7-19(13-17)26-22(30)16-8-11-29(12-9-16)23(31)21-14-20(27-28-21)18-6-4-10-25-15-18/h3-7,10,13,15-16,20-21,27-28H,2,8-9,11-12,14H2,1H3,(H,26,30). The lowest BCUT2D eigenvalue weighted by atomic mass is 9.94. The second kappa shape index (κ2) is 10.5. The van der Waals surface area contributed by atoms with Crippen LogP contribution in [-0.4, -0.2) is 53.4 Å². The summed E-state index contributed by atoms with van der Waals surface area (Å²) in [6.07, 6.45) is 5.38. The topological polar surface area (TPSA) is 113 Å². The number of likely N-dealkylation sites (tertiary alicyclic amines) is 1. The van der Waals surface area contributed by atoms with Crippen LogP contribution in [0, 0.1) is 5.92 Å². The third-order valence-electron chi connectivity index (χ3n) is 6.11. The maximum absolute atomic E-state index is 13.0. The summed E-state index contributed by atoms with van der Waals surface area (Å²) in [5.41, 5.74) is 8.30. The number of esters is 1. The Bertz CT molecular complexity index is 991. The van der Waals surface area contributed by atoms with Crippen molar-refractivity contribution in [1.82, 2.24) is 20.7 Å². The van der Waals surface area contributed by atoms with Gasteiger partial charge in [-0.2, -0.15) is 0 Å². The van der Waals surface area contributed by atoms with E-state index in [1.54, 1.807) is 43.6 Å². The molecule has 1 aromatic heterocycles. The molecular weight excluding hydrogens is 422 g/mol. The lowest BCUT2D eigenvalue weighted by molar-refractivity contribution is -0.136. The first-order chi connectivity index (χ1) is 16.0. The molecule has 3 heterocycles. The number of aromatic nitrogens is 1. The summed E-state index contributed by atoms with van der Waals surface area (Å²) in [5.74, 6) is -0.644. The number of hydrazine groups is 1. The molecule has 0 radical (unpaired) electrons. The summed E-state index contributed by atoms with van der Waals surface area (Å²) in [5, 5.41) is 2.89. The van der Waals surface area contributed by atoms with Gasteiger partial charge in [0.05, 0.1) is 12.2 Å². The van der Waals surface area contributed by atoms with Crippen molar-refractivity contribution in [1.29, 1.82) is 0 Å². The first kappa shape index (κ1) is 22.9. The summed E-state index contributed by atoms with van der Waals surface area (Å²) in [6.45, 7) is 3.12. The Balaban J connectivity index is 1.26. The Morgan fingerprint density at radius 1 is 1.15 bits per heavy atom. The Morgan fingerprint density at radius 3 is 2.70 bits per heavy atom. The van der Waals surface area contributed by atoms with E-state index in [1.165, 1.54) is 0 Å². The average Bonchev–Trinajstić information content (AvgIpc) is 3.35. The van der Waals surface area contributed by atoms with E-state index < -0.39 is 5.97 Å².